The van der Waals surface area contributed by atoms with Crippen molar-refractivity contribution in [3.8, 4) is 5.69 Å². The SMILES string of the molecule is CCC(c1nc2ccccc2c(=O)n1-c1ccc(Br)cc1)N(C)C(=O)Nc1ccccc1. The standard InChI is InChI=1S/C25H23BrN4O2/c1-3-22(29(2)25(32)27-18-9-5-4-6-10-18)23-28-21-12-8-7-11-20(21)24(31)30(23)19-15-13-17(26)14-16-19/h4-16,22H,3H2,1-2H3,(H,27,32). The van der Waals surface area contributed by atoms with Crippen molar-refractivity contribution in [1.82, 2.24) is 14.5 Å². The van der Waals surface area contributed by atoms with Gasteiger partial charge in [-0.3, -0.25) is 9.36 Å². The molecule has 6 nitrogen and oxygen atoms in total. The summed E-state index contributed by atoms with van der Waals surface area (Å²) >= 11 is 3.45. The monoisotopic (exact) mass is 490 g/mol. The maximum Gasteiger partial charge on any atom is 0.322 e. The Kier molecular flexibility index (Phi) is 6.37. The molecule has 4 rings (SSSR count). The summed E-state index contributed by atoms with van der Waals surface area (Å²) in [5.41, 5.74) is 1.84. The zero-order valence-electron chi connectivity index (χ0n) is 17.8. The third kappa shape index (κ3) is 4.29. The Labute approximate surface area is 194 Å². The molecular weight excluding hydrogens is 468 g/mol. The van der Waals surface area contributed by atoms with Gasteiger partial charge >= 0.3 is 6.03 Å². The van der Waals surface area contributed by atoms with Gasteiger partial charge in [0, 0.05) is 17.2 Å². The minimum atomic E-state index is -0.417. The van der Waals surface area contributed by atoms with E-state index in [2.05, 4.69) is 21.2 Å². The van der Waals surface area contributed by atoms with Crippen LogP contribution >= 0.6 is 15.9 Å². The van der Waals surface area contributed by atoms with E-state index in [9.17, 15) is 9.59 Å². The molecule has 0 radical (unpaired) electrons. The topological polar surface area (TPSA) is 67.2 Å². The maximum atomic E-state index is 13.5. The highest BCUT2D eigenvalue weighted by Crippen LogP contribution is 2.26. The third-order valence-electron chi connectivity index (χ3n) is 5.38. The van der Waals surface area contributed by atoms with E-state index in [0.29, 0.717) is 34.5 Å². The summed E-state index contributed by atoms with van der Waals surface area (Å²) in [6.45, 7) is 1.98. The molecule has 162 valence electrons. The Morgan fingerprint density at radius 1 is 1.03 bits per heavy atom. The van der Waals surface area contributed by atoms with Gasteiger partial charge in [-0.25, -0.2) is 9.78 Å². The summed E-state index contributed by atoms with van der Waals surface area (Å²) in [4.78, 5) is 33.0. The first-order valence-electron chi connectivity index (χ1n) is 10.4. The predicted octanol–water partition coefficient (Wildman–Crippen LogP) is 5.76. The number of carbonyl (C=O) groups excluding carboxylic acids is 1. The number of urea groups is 1. The predicted molar refractivity (Wildman–Crippen MR) is 131 cm³/mol. The molecule has 1 atom stereocenters. The fourth-order valence-corrected chi connectivity index (χ4v) is 3.98. The number of nitrogens with one attached hydrogen (secondary N) is 1. The van der Waals surface area contributed by atoms with Crippen LogP contribution in [-0.2, 0) is 0 Å². The molecule has 0 bridgehead atoms. The number of anilines is 1. The lowest BCUT2D eigenvalue weighted by molar-refractivity contribution is 0.199. The number of nitrogens with zero attached hydrogens (tertiary/aromatic N) is 3. The summed E-state index contributed by atoms with van der Waals surface area (Å²) in [6.07, 6.45) is 0.583. The molecule has 1 N–H and O–H groups in total. The van der Waals surface area contributed by atoms with Crippen LogP contribution in [0, 0.1) is 0 Å². The Morgan fingerprint density at radius 3 is 2.38 bits per heavy atom. The van der Waals surface area contributed by atoms with Gasteiger partial charge in [0.1, 0.15) is 5.82 Å². The molecule has 0 saturated carbocycles. The van der Waals surface area contributed by atoms with Gasteiger partial charge in [-0.15, -0.1) is 0 Å². The number of carbonyl (C=O) groups is 1. The van der Waals surface area contributed by atoms with E-state index < -0.39 is 6.04 Å². The molecule has 7 heteroatoms. The number of fused-ring (bicyclic) bond motifs is 1. The van der Waals surface area contributed by atoms with Gasteiger partial charge in [-0.05, 0) is 55.0 Å². The Morgan fingerprint density at radius 2 is 1.69 bits per heavy atom. The second kappa shape index (κ2) is 9.36. The quantitative estimate of drug-likeness (QED) is 0.386. The number of amides is 2. The summed E-state index contributed by atoms with van der Waals surface area (Å²) in [5.74, 6) is 0.518. The maximum absolute atomic E-state index is 13.5. The largest absolute Gasteiger partial charge is 0.322 e. The lowest BCUT2D eigenvalue weighted by atomic mass is 10.1. The highest BCUT2D eigenvalue weighted by Gasteiger charge is 2.26. The van der Waals surface area contributed by atoms with Crippen molar-refractivity contribution in [3.05, 3.63) is 99.5 Å². The molecule has 1 heterocycles. The number of hydrogen-bond acceptors (Lipinski definition) is 3. The second-order valence-electron chi connectivity index (χ2n) is 7.44. The lowest BCUT2D eigenvalue weighted by Gasteiger charge is -2.29. The van der Waals surface area contributed by atoms with Gasteiger partial charge in [0.15, 0.2) is 0 Å². The molecule has 1 aromatic heterocycles. The van der Waals surface area contributed by atoms with Crippen molar-refractivity contribution in [3.63, 3.8) is 0 Å². The van der Waals surface area contributed by atoms with Crippen LogP contribution in [0.2, 0.25) is 0 Å². The minimum Gasteiger partial charge on any atom is -0.317 e. The van der Waals surface area contributed by atoms with Gasteiger partial charge in [-0.2, -0.15) is 0 Å². The average molecular weight is 491 g/mol. The summed E-state index contributed by atoms with van der Waals surface area (Å²) in [6, 6.07) is 23.4. The third-order valence-corrected chi connectivity index (χ3v) is 5.91. The van der Waals surface area contributed by atoms with Gasteiger partial charge in [0.25, 0.3) is 5.56 Å². The van der Waals surface area contributed by atoms with Crippen LogP contribution in [-0.4, -0.2) is 27.5 Å². The number of aromatic nitrogens is 2. The van der Waals surface area contributed by atoms with E-state index in [0.717, 1.165) is 4.47 Å². The number of rotatable bonds is 5. The first-order chi connectivity index (χ1) is 15.5. The Bertz CT molecular complexity index is 1300. The molecule has 0 aliphatic rings. The fourth-order valence-electron chi connectivity index (χ4n) is 3.72. The van der Waals surface area contributed by atoms with E-state index in [1.165, 1.54) is 0 Å². The van der Waals surface area contributed by atoms with Crippen molar-refractivity contribution in [2.24, 2.45) is 0 Å². The van der Waals surface area contributed by atoms with Crippen molar-refractivity contribution in [2.75, 3.05) is 12.4 Å². The Hall–Kier alpha value is -3.45. The van der Waals surface area contributed by atoms with E-state index in [1.54, 1.807) is 22.6 Å². The number of para-hydroxylation sites is 2. The van der Waals surface area contributed by atoms with Crippen molar-refractivity contribution in [2.45, 2.75) is 19.4 Å². The van der Waals surface area contributed by atoms with Gasteiger partial charge in [0.05, 0.1) is 22.6 Å². The average Bonchev–Trinajstić information content (AvgIpc) is 2.81. The van der Waals surface area contributed by atoms with Crippen LogP contribution in [0.4, 0.5) is 10.5 Å². The van der Waals surface area contributed by atoms with E-state index >= 15 is 0 Å². The number of benzene rings is 3. The second-order valence-corrected chi connectivity index (χ2v) is 8.35. The van der Waals surface area contributed by atoms with Crippen molar-refractivity contribution < 1.29 is 4.79 Å². The molecule has 4 aromatic rings. The van der Waals surface area contributed by atoms with Crippen LogP contribution in [0.3, 0.4) is 0 Å². The highest BCUT2D eigenvalue weighted by atomic mass is 79.9. The van der Waals surface area contributed by atoms with Crippen molar-refractivity contribution >= 4 is 38.6 Å². The van der Waals surface area contributed by atoms with Crippen LogP contribution < -0.4 is 10.9 Å². The molecule has 0 aliphatic carbocycles. The van der Waals surface area contributed by atoms with Crippen LogP contribution in [0.5, 0.6) is 0 Å². The normalized spacial score (nSPS) is 11.8. The van der Waals surface area contributed by atoms with Gasteiger partial charge in [0.2, 0.25) is 0 Å². The fraction of sp³-hybridized carbons (Fsp3) is 0.160. The summed E-state index contributed by atoms with van der Waals surface area (Å²) in [5, 5.41) is 3.44. The van der Waals surface area contributed by atoms with E-state index in [4.69, 9.17) is 4.98 Å². The van der Waals surface area contributed by atoms with Crippen LogP contribution in [0.25, 0.3) is 16.6 Å². The molecule has 0 saturated heterocycles. The van der Waals surface area contributed by atoms with E-state index in [-0.39, 0.29) is 11.6 Å². The Balaban J connectivity index is 1.83. The molecule has 1 unspecified atom stereocenters. The molecule has 0 spiro atoms. The highest BCUT2D eigenvalue weighted by molar-refractivity contribution is 9.10. The van der Waals surface area contributed by atoms with Crippen molar-refractivity contribution in [1.29, 1.82) is 0 Å². The summed E-state index contributed by atoms with van der Waals surface area (Å²) in [7, 11) is 1.72. The number of hydrogen-bond donors (Lipinski definition) is 1. The first-order valence-corrected chi connectivity index (χ1v) is 11.2. The summed E-state index contributed by atoms with van der Waals surface area (Å²) < 4.78 is 2.52. The van der Waals surface area contributed by atoms with E-state index in [1.807, 2.05) is 79.7 Å². The zero-order valence-corrected chi connectivity index (χ0v) is 19.4. The zero-order chi connectivity index (χ0) is 22.7. The number of halogens is 1. The first kappa shape index (κ1) is 21.8. The molecule has 3 aromatic carbocycles. The molecule has 2 amide bonds. The molecular formula is C25H23BrN4O2. The smallest absolute Gasteiger partial charge is 0.317 e. The molecule has 0 fully saturated rings. The minimum absolute atomic E-state index is 0.164. The molecule has 0 aliphatic heterocycles. The van der Waals surface area contributed by atoms with Gasteiger partial charge < -0.3 is 10.2 Å². The van der Waals surface area contributed by atoms with Gasteiger partial charge in [-0.1, -0.05) is 53.2 Å². The van der Waals surface area contributed by atoms with Crippen LogP contribution in [0.15, 0.2) is 88.1 Å². The van der Waals surface area contributed by atoms with Crippen LogP contribution in [0.1, 0.15) is 25.2 Å². The molecule has 32 heavy (non-hydrogen) atoms. The lowest BCUT2D eigenvalue weighted by Crippen LogP contribution is -2.38.